The third-order valence-corrected chi connectivity index (χ3v) is 3.85. The first-order valence-corrected chi connectivity index (χ1v) is 7.58. The van der Waals surface area contributed by atoms with Crippen molar-refractivity contribution in [1.29, 1.82) is 0 Å². The quantitative estimate of drug-likeness (QED) is 0.891. The summed E-state index contributed by atoms with van der Waals surface area (Å²) in [4.78, 5) is 36.7. The van der Waals surface area contributed by atoms with E-state index in [2.05, 4.69) is 10.4 Å². The van der Waals surface area contributed by atoms with Crippen LogP contribution in [0.5, 0.6) is 0 Å². The number of carbonyl (C=O) groups excluding carboxylic acids is 2. The van der Waals surface area contributed by atoms with Crippen LogP contribution in [-0.4, -0.2) is 40.1 Å². The minimum Gasteiger partial charge on any atom is -0.331 e. The van der Waals surface area contributed by atoms with Crippen molar-refractivity contribution >= 4 is 40.7 Å². The number of nitrogens with zero attached hydrogens (tertiary/aromatic N) is 3. The summed E-state index contributed by atoms with van der Waals surface area (Å²) in [7, 11) is 2.90. The van der Waals surface area contributed by atoms with Gasteiger partial charge in [-0.05, 0) is 24.3 Å². The van der Waals surface area contributed by atoms with Crippen LogP contribution in [0.1, 0.15) is 10.5 Å². The fourth-order valence-electron chi connectivity index (χ4n) is 1.87. The minimum absolute atomic E-state index is 0.0712. The van der Waals surface area contributed by atoms with E-state index in [9.17, 15) is 14.4 Å². The number of aromatic nitrogens is 2. The van der Waals surface area contributed by atoms with Gasteiger partial charge in [0.1, 0.15) is 5.69 Å². The Kier molecular flexibility index (Phi) is 5.58. The number of anilines is 1. The Bertz CT molecular complexity index is 851. The number of hydrogen-bond donors (Lipinski definition) is 1. The summed E-state index contributed by atoms with van der Waals surface area (Å²) < 4.78 is 1.05. The second kappa shape index (κ2) is 7.46. The maximum absolute atomic E-state index is 12.2. The molecule has 0 spiro atoms. The van der Waals surface area contributed by atoms with E-state index in [0.29, 0.717) is 15.7 Å². The number of rotatable bonds is 4. The molecule has 7 nitrogen and oxygen atoms in total. The first kappa shape index (κ1) is 18.0. The van der Waals surface area contributed by atoms with Gasteiger partial charge in [0.15, 0.2) is 0 Å². The molecule has 2 rings (SSSR count). The lowest BCUT2D eigenvalue weighted by molar-refractivity contribution is -0.116. The molecule has 0 aliphatic rings. The monoisotopic (exact) mass is 368 g/mol. The lowest BCUT2D eigenvalue weighted by Gasteiger charge is -2.16. The minimum atomic E-state index is -0.477. The second-order valence-corrected chi connectivity index (χ2v) is 5.83. The predicted octanol–water partition coefficient (Wildman–Crippen LogP) is 1.80. The Morgan fingerprint density at radius 1 is 1.21 bits per heavy atom. The SMILES string of the molecule is CN(CC(=O)Nc1ccc(Cl)c(Cl)c1)C(=O)c1ccc(=O)n(C)n1. The number of aryl methyl sites for hydroxylation is 1. The topological polar surface area (TPSA) is 84.3 Å². The van der Waals surface area contributed by atoms with Crippen molar-refractivity contribution in [3.63, 3.8) is 0 Å². The van der Waals surface area contributed by atoms with Crippen molar-refractivity contribution in [3.05, 3.63) is 56.4 Å². The smallest absolute Gasteiger partial charge is 0.274 e. The van der Waals surface area contributed by atoms with Gasteiger partial charge in [-0.15, -0.1) is 0 Å². The molecule has 0 atom stereocenters. The molecule has 1 N–H and O–H groups in total. The lowest BCUT2D eigenvalue weighted by atomic mass is 10.3. The normalized spacial score (nSPS) is 10.3. The number of amides is 2. The summed E-state index contributed by atoms with van der Waals surface area (Å²) in [6.07, 6.45) is 0. The van der Waals surface area contributed by atoms with Gasteiger partial charge in [0.25, 0.3) is 11.5 Å². The highest BCUT2D eigenvalue weighted by molar-refractivity contribution is 6.42. The van der Waals surface area contributed by atoms with Gasteiger partial charge in [-0.3, -0.25) is 14.4 Å². The van der Waals surface area contributed by atoms with Crippen LogP contribution in [0.3, 0.4) is 0 Å². The van der Waals surface area contributed by atoms with E-state index in [1.807, 2.05) is 0 Å². The van der Waals surface area contributed by atoms with Gasteiger partial charge in [0.05, 0.1) is 16.6 Å². The maximum atomic E-state index is 12.2. The van der Waals surface area contributed by atoms with Crippen LogP contribution in [0.25, 0.3) is 0 Å². The highest BCUT2D eigenvalue weighted by Gasteiger charge is 2.17. The molecule has 0 aliphatic heterocycles. The molecule has 1 heterocycles. The molecule has 0 saturated carbocycles. The molecule has 24 heavy (non-hydrogen) atoms. The van der Waals surface area contributed by atoms with Gasteiger partial charge >= 0.3 is 0 Å². The van der Waals surface area contributed by atoms with Gasteiger partial charge < -0.3 is 10.2 Å². The van der Waals surface area contributed by atoms with Crippen LogP contribution in [0.2, 0.25) is 10.0 Å². The van der Waals surface area contributed by atoms with Gasteiger partial charge in [-0.2, -0.15) is 5.10 Å². The fraction of sp³-hybridized carbons (Fsp3) is 0.200. The van der Waals surface area contributed by atoms with Crippen LogP contribution in [0.4, 0.5) is 5.69 Å². The van der Waals surface area contributed by atoms with Crippen molar-refractivity contribution in [2.24, 2.45) is 7.05 Å². The summed E-state index contributed by atoms with van der Waals surface area (Å²) in [5, 5.41) is 7.16. The number of carbonyl (C=O) groups is 2. The third-order valence-electron chi connectivity index (χ3n) is 3.11. The fourth-order valence-corrected chi connectivity index (χ4v) is 2.17. The number of benzene rings is 1. The van der Waals surface area contributed by atoms with E-state index in [-0.39, 0.29) is 17.8 Å². The van der Waals surface area contributed by atoms with E-state index in [1.54, 1.807) is 12.1 Å². The van der Waals surface area contributed by atoms with Gasteiger partial charge in [0.2, 0.25) is 5.91 Å². The second-order valence-electron chi connectivity index (χ2n) is 5.02. The molecular formula is C15H14Cl2N4O3. The average Bonchev–Trinajstić information content (AvgIpc) is 2.52. The first-order valence-electron chi connectivity index (χ1n) is 6.82. The maximum Gasteiger partial charge on any atom is 0.274 e. The van der Waals surface area contributed by atoms with Crippen LogP contribution in [0.15, 0.2) is 35.1 Å². The van der Waals surface area contributed by atoms with E-state index in [4.69, 9.17) is 23.2 Å². The summed E-state index contributed by atoms with van der Waals surface area (Å²) in [5.74, 6) is -0.885. The Morgan fingerprint density at radius 3 is 2.54 bits per heavy atom. The number of nitrogens with one attached hydrogen (secondary N) is 1. The van der Waals surface area contributed by atoms with Crippen molar-refractivity contribution in [2.75, 3.05) is 18.9 Å². The molecule has 0 unspecified atom stereocenters. The lowest BCUT2D eigenvalue weighted by Crippen LogP contribution is -2.36. The summed E-state index contributed by atoms with van der Waals surface area (Å²) in [5.41, 5.74) is 0.212. The van der Waals surface area contributed by atoms with E-state index < -0.39 is 11.8 Å². The van der Waals surface area contributed by atoms with Crippen LogP contribution < -0.4 is 10.9 Å². The van der Waals surface area contributed by atoms with Gasteiger partial charge in [0, 0.05) is 25.8 Å². The number of likely N-dealkylation sites (N-methyl/N-ethyl adjacent to an activating group) is 1. The van der Waals surface area contributed by atoms with Crippen molar-refractivity contribution < 1.29 is 9.59 Å². The highest BCUT2D eigenvalue weighted by Crippen LogP contribution is 2.24. The van der Waals surface area contributed by atoms with E-state index in [0.717, 1.165) is 4.68 Å². The van der Waals surface area contributed by atoms with Crippen molar-refractivity contribution in [1.82, 2.24) is 14.7 Å². The predicted molar refractivity (Wildman–Crippen MR) is 91.5 cm³/mol. The summed E-state index contributed by atoms with van der Waals surface area (Å²) >= 11 is 11.7. The molecule has 1 aromatic heterocycles. The zero-order valence-corrected chi connectivity index (χ0v) is 14.4. The number of hydrogen-bond acceptors (Lipinski definition) is 4. The zero-order chi connectivity index (χ0) is 17.9. The Hall–Kier alpha value is -2.38. The van der Waals surface area contributed by atoms with Crippen LogP contribution in [-0.2, 0) is 11.8 Å². The molecule has 0 fully saturated rings. The molecule has 0 aliphatic carbocycles. The first-order chi connectivity index (χ1) is 11.3. The van der Waals surface area contributed by atoms with Crippen LogP contribution >= 0.6 is 23.2 Å². The van der Waals surface area contributed by atoms with E-state index >= 15 is 0 Å². The number of halogens is 2. The average molecular weight is 369 g/mol. The Balaban J connectivity index is 2.02. The van der Waals surface area contributed by atoms with Gasteiger partial charge in [-0.1, -0.05) is 23.2 Å². The Labute approximate surface area is 147 Å². The molecule has 0 radical (unpaired) electrons. The summed E-state index contributed by atoms with van der Waals surface area (Å²) in [6.45, 7) is -0.191. The molecule has 2 aromatic rings. The molecular weight excluding hydrogens is 355 g/mol. The highest BCUT2D eigenvalue weighted by atomic mass is 35.5. The van der Waals surface area contributed by atoms with Crippen molar-refractivity contribution in [2.45, 2.75) is 0 Å². The summed E-state index contributed by atoms with van der Waals surface area (Å²) in [6, 6.07) is 7.23. The molecule has 1 aromatic carbocycles. The molecule has 126 valence electrons. The molecule has 9 heteroatoms. The largest absolute Gasteiger partial charge is 0.331 e. The van der Waals surface area contributed by atoms with Crippen molar-refractivity contribution in [3.8, 4) is 0 Å². The third kappa shape index (κ3) is 4.33. The van der Waals surface area contributed by atoms with E-state index in [1.165, 1.54) is 37.2 Å². The molecule has 2 amide bonds. The Morgan fingerprint density at radius 2 is 1.92 bits per heavy atom. The van der Waals surface area contributed by atoms with Crippen LogP contribution in [0, 0.1) is 0 Å². The molecule has 0 saturated heterocycles. The zero-order valence-electron chi connectivity index (χ0n) is 12.9. The van der Waals surface area contributed by atoms with Gasteiger partial charge in [-0.25, -0.2) is 4.68 Å². The molecule has 0 bridgehead atoms. The standard InChI is InChI=1S/C15H14Cl2N4O3/c1-20(15(24)12-5-6-14(23)21(2)19-12)8-13(22)18-9-3-4-10(16)11(17)7-9/h3-7H,8H2,1-2H3,(H,18,22).